The number of nitriles is 1. The van der Waals surface area contributed by atoms with Crippen molar-refractivity contribution in [1.82, 2.24) is 4.98 Å². The third-order valence-corrected chi connectivity index (χ3v) is 3.08. The van der Waals surface area contributed by atoms with E-state index < -0.39 is 0 Å². The Balaban J connectivity index is 2.28. The Morgan fingerprint density at radius 3 is 2.35 bits per heavy atom. The van der Waals surface area contributed by atoms with Gasteiger partial charge in [0.2, 0.25) is 5.88 Å². The minimum atomic E-state index is -0.0464. The van der Waals surface area contributed by atoms with Gasteiger partial charge >= 0.3 is 0 Å². The molecule has 0 amide bonds. The van der Waals surface area contributed by atoms with Crippen molar-refractivity contribution < 1.29 is 4.74 Å². The number of pyridine rings is 1. The van der Waals surface area contributed by atoms with Crippen molar-refractivity contribution in [3.63, 3.8) is 0 Å². The summed E-state index contributed by atoms with van der Waals surface area (Å²) in [5.41, 5.74) is 9.21. The van der Waals surface area contributed by atoms with Crippen LogP contribution in [0.15, 0.2) is 30.5 Å². The first-order chi connectivity index (χ1) is 9.51. The van der Waals surface area contributed by atoms with Gasteiger partial charge in [0, 0.05) is 18.3 Å². The molecule has 1 heterocycles. The van der Waals surface area contributed by atoms with Gasteiger partial charge in [-0.2, -0.15) is 5.26 Å². The molecule has 1 aromatic carbocycles. The minimum absolute atomic E-state index is 0.0464. The van der Waals surface area contributed by atoms with Crippen LogP contribution >= 0.6 is 0 Å². The summed E-state index contributed by atoms with van der Waals surface area (Å²) < 4.78 is 5.81. The van der Waals surface area contributed by atoms with Gasteiger partial charge in [0.15, 0.2) is 0 Å². The van der Waals surface area contributed by atoms with E-state index in [0.717, 1.165) is 22.4 Å². The molecule has 0 bridgehead atoms. The molecule has 0 spiro atoms. The summed E-state index contributed by atoms with van der Waals surface area (Å²) in [6, 6.07) is 9.40. The third-order valence-electron chi connectivity index (χ3n) is 3.08. The molecule has 1 atom stereocenters. The SMILES string of the molecule is Cc1cc(C#N)cc(C)c1Oc1ccc([C@H](C)N)cn1. The van der Waals surface area contributed by atoms with Gasteiger partial charge in [-0.15, -0.1) is 0 Å². The summed E-state index contributed by atoms with van der Waals surface area (Å²) in [4.78, 5) is 4.25. The van der Waals surface area contributed by atoms with Crippen LogP contribution in [0.25, 0.3) is 0 Å². The van der Waals surface area contributed by atoms with Crippen LogP contribution in [0.4, 0.5) is 0 Å². The van der Waals surface area contributed by atoms with E-state index >= 15 is 0 Å². The molecule has 4 heteroatoms. The lowest BCUT2D eigenvalue weighted by Crippen LogP contribution is -2.05. The van der Waals surface area contributed by atoms with E-state index in [0.29, 0.717) is 11.4 Å². The Morgan fingerprint density at radius 2 is 1.90 bits per heavy atom. The molecule has 0 unspecified atom stereocenters. The Morgan fingerprint density at radius 1 is 1.25 bits per heavy atom. The number of aryl methyl sites for hydroxylation is 2. The molecule has 102 valence electrons. The average Bonchev–Trinajstić information content (AvgIpc) is 2.43. The van der Waals surface area contributed by atoms with Gasteiger partial charge in [0.05, 0.1) is 11.6 Å². The molecule has 0 saturated heterocycles. The zero-order chi connectivity index (χ0) is 14.7. The smallest absolute Gasteiger partial charge is 0.219 e. The van der Waals surface area contributed by atoms with Crippen LogP contribution in [0.5, 0.6) is 11.6 Å². The van der Waals surface area contributed by atoms with Gasteiger partial charge in [0.1, 0.15) is 5.75 Å². The minimum Gasteiger partial charge on any atom is -0.438 e. The van der Waals surface area contributed by atoms with E-state index in [-0.39, 0.29) is 6.04 Å². The number of aromatic nitrogens is 1. The summed E-state index contributed by atoms with van der Waals surface area (Å²) in [5, 5.41) is 8.93. The molecular weight excluding hydrogens is 250 g/mol. The van der Waals surface area contributed by atoms with Gasteiger partial charge in [-0.25, -0.2) is 4.98 Å². The largest absolute Gasteiger partial charge is 0.438 e. The number of hydrogen-bond donors (Lipinski definition) is 1. The number of ether oxygens (including phenoxy) is 1. The molecule has 2 N–H and O–H groups in total. The number of rotatable bonds is 3. The Labute approximate surface area is 118 Å². The van der Waals surface area contributed by atoms with Crippen molar-refractivity contribution in [1.29, 1.82) is 5.26 Å². The monoisotopic (exact) mass is 267 g/mol. The summed E-state index contributed by atoms with van der Waals surface area (Å²) >= 11 is 0. The predicted molar refractivity (Wildman–Crippen MR) is 77.5 cm³/mol. The van der Waals surface area contributed by atoms with Crippen molar-refractivity contribution in [2.24, 2.45) is 5.73 Å². The number of benzene rings is 1. The van der Waals surface area contributed by atoms with Gasteiger partial charge in [-0.3, -0.25) is 0 Å². The topological polar surface area (TPSA) is 71.9 Å². The molecular formula is C16H17N3O. The van der Waals surface area contributed by atoms with Crippen LogP contribution in [0.3, 0.4) is 0 Å². The van der Waals surface area contributed by atoms with E-state index in [1.54, 1.807) is 24.4 Å². The van der Waals surface area contributed by atoms with Crippen molar-refractivity contribution in [3.05, 3.63) is 52.7 Å². The molecule has 0 radical (unpaired) electrons. The summed E-state index contributed by atoms with van der Waals surface area (Å²) in [6.07, 6.45) is 1.72. The molecule has 20 heavy (non-hydrogen) atoms. The van der Waals surface area contributed by atoms with Crippen LogP contribution in [0.2, 0.25) is 0 Å². The maximum Gasteiger partial charge on any atom is 0.219 e. The maximum absolute atomic E-state index is 8.93. The average molecular weight is 267 g/mol. The predicted octanol–water partition coefficient (Wildman–Crippen LogP) is 3.38. The highest BCUT2D eigenvalue weighted by atomic mass is 16.5. The van der Waals surface area contributed by atoms with Crippen molar-refractivity contribution in [3.8, 4) is 17.7 Å². The molecule has 1 aromatic heterocycles. The van der Waals surface area contributed by atoms with Crippen LogP contribution < -0.4 is 10.5 Å². The van der Waals surface area contributed by atoms with Gasteiger partial charge in [-0.05, 0) is 49.6 Å². The first kappa shape index (κ1) is 14.0. The number of nitrogens with two attached hydrogens (primary N) is 1. The zero-order valence-corrected chi connectivity index (χ0v) is 11.8. The summed E-state index contributed by atoms with van der Waals surface area (Å²) in [5.74, 6) is 1.26. The second-order valence-electron chi connectivity index (χ2n) is 4.87. The quantitative estimate of drug-likeness (QED) is 0.925. The van der Waals surface area contributed by atoms with E-state index in [4.69, 9.17) is 15.7 Å². The highest BCUT2D eigenvalue weighted by molar-refractivity contribution is 5.48. The Hall–Kier alpha value is -2.38. The van der Waals surface area contributed by atoms with E-state index in [1.165, 1.54) is 0 Å². The third kappa shape index (κ3) is 2.95. The van der Waals surface area contributed by atoms with Crippen molar-refractivity contribution in [2.75, 3.05) is 0 Å². The van der Waals surface area contributed by atoms with Crippen LogP contribution in [-0.4, -0.2) is 4.98 Å². The summed E-state index contributed by atoms with van der Waals surface area (Å²) in [7, 11) is 0. The molecule has 0 fully saturated rings. The van der Waals surface area contributed by atoms with E-state index in [1.807, 2.05) is 26.8 Å². The lowest BCUT2D eigenvalue weighted by Gasteiger charge is -2.12. The molecule has 4 nitrogen and oxygen atoms in total. The normalized spacial score (nSPS) is 11.8. The number of nitrogens with zero attached hydrogens (tertiary/aromatic N) is 2. The fraction of sp³-hybridized carbons (Fsp3) is 0.250. The summed E-state index contributed by atoms with van der Waals surface area (Å²) in [6.45, 7) is 5.74. The maximum atomic E-state index is 8.93. The van der Waals surface area contributed by atoms with E-state index in [2.05, 4.69) is 11.1 Å². The van der Waals surface area contributed by atoms with Crippen molar-refractivity contribution in [2.45, 2.75) is 26.8 Å². The van der Waals surface area contributed by atoms with Crippen LogP contribution in [-0.2, 0) is 0 Å². The first-order valence-corrected chi connectivity index (χ1v) is 6.42. The van der Waals surface area contributed by atoms with Gasteiger partial charge < -0.3 is 10.5 Å². The molecule has 0 aliphatic carbocycles. The fourth-order valence-electron chi connectivity index (χ4n) is 2.00. The lowest BCUT2D eigenvalue weighted by atomic mass is 10.1. The van der Waals surface area contributed by atoms with Crippen molar-refractivity contribution >= 4 is 0 Å². The second kappa shape index (κ2) is 5.72. The van der Waals surface area contributed by atoms with E-state index in [9.17, 15) is 0 Å². The first-order valence-electron chi connectivity index (χ1n) is 6.42. The van der Waals surface area contributed by atoms with Crippen LogP contribution in [0.1, 0.15) is 35.2 Å². The molecule has 2 aromatic rings. The fourth-order valence-corrected chi connectivity index (χ4v) is 2.00. The highest BCUT2D eigenvalue weighted by Crippen LogP contribution is 2.29. The highest BCUT2D eigenvalue weighted by Gasteiger charge is 2.09. The standard InChI is InChI=1S/C16H17N3O/c1-10-6-13(8-17)7-11(2)16(10)20-15-5-4-14(9-19-15)12(3)18/h4-7,9,12H,18H2,1-3H3/t12-/m0/s1. The molecule has 0 aliphatic rings. The Kier molecular flexibility index (Phi) is 4.02. The second-order valence-corrected chi connectivity index (χ2v) is 4.87. The molecule has 0 aliphatic heterocycles. The van der Waals surface area contributed by atoms with Gasteiger partial charge in [0.25, 0.3) is 0 Å². The van der Waals surface area contributed by atoms with Gasteiger partial charge in [-0.1, -0.05) is 6.07 Å². The molecule has 2 rings (SSSR count). The Bertz CT molecular complexity index is 631. The lowest BCUT2D eigenvalue weighted by molar-refractivity contribution is 0.455. The number of hydrogen-bond acceptors (Lipinski definition) is 4. The van der Waals surface area contributed by atoms with Crippen LogP contribution in [0, 0.1) is 25.2 Å². The zero-order valence-electron chi connectivity index (χ0n) is 11.8. The molecule has 0 saturated carbocycles.